The molecule has 0 fully saturated rings. The molecule has 1 aromatic carbocycles. The number of hydrogen-bond donors (Lipinski definition) is 1. The molecule has 0 heterocycles. The fraction of sp³-hybridized carbons (Fsp3) is 0.333. The van der Waals surface area contributed by atoms with Gasteiger partial charge in [0.25, 0.3) is 11.4 Å². The number of benzene rings is 1. The second-order valence-corrected chi connectivity index (χ2v) is 5.95. The van der Waals surface area contributed by atoms with Crippen LogP contribution >= 0.6 is 7.60 Å². The van der Waals surface area contributed by atoms with Crippen molar-refractivity contribution in [3.05, 3.63) is 43.5 Å². The van der Waals surface area contributed by atoms with Gasteiger partial charge in [-0.2, -0.15) is 13.2 Å². The number of halogens is 3. The predicted molar refractivity (Wildman–Crippen MR) is 65.3 cm³/mol. The van der Waals surface area contributed by atoms with Crippen LogP contribution in [0.25, 0.3) is 0 Å². The minimum Gasteiger partial charge on any atom is -0.324 e. The lowest BCUT2D eigenvalue weighted by Gasteiger charge is -2.11. The van der Waals surface area contributed by atoms with Crippen LogP contribution in [0.3, 0.4) is 0 Å². The predicted octanol–water partition coefficient (Wildman–Crippen LogP) is 2.85. The maximum Gasteiger partial charge on any atom is 0.416 e. The van der Waals surface area contributed by atoms with Crippen LogP contribution < -0.4 is 0 Å². The summed E-state index contributed by atoms with van der Waals surface area (Å²) in [6.45, 7) is -0.343. The average Bonchev–Trinajstić information content (AvgIpc) is 2.32. The van der Waals surface area contributed by atoms with E-state index >= 15 is 0 Å². The third-order valence-corrected chi connectivity index (χ3v) is 2.98. The molecule has 1 atom stereocenters. The highest BCUT2D eigenvalue weighted by molar-refractivity contribution is 7.51. The standard InChI is InChI=1S/C9H8F3N2O7P/c1-22(19,20)21-4-6-7(13(15)16)2-5(9(10,11)12)3-8(6)14(17)18/h2-3H,4H2,1H3,(H,19,20). The van der Waals surface area contributed by atoms with Gasteiger partial charge in [0.2, 0.25) is 0 Å². The summed E-state index contributed by atoms with van der Waals surface area (Å²) in [7, 11) is -4.14. The molecule has 0 aliphatic carbocycles. The molecular weight excluding hydrogens is 336 g/mol. The second kappa shape index (κ2) is 5.99. The maximum atomic E-state index is 12.6. The van der Waals surface area contributed by atoms with Gasteiger partial charge in [0.15, 0.2) is 0 Å². The Bertz CT molecular complexity index is 635. The highest BCUT2D eigenvalue weighted by Crippen LogP contribution is 2.42. The molecule has 0 aliphatic rings. The molecule has 0 bridgehead atoms. The topological polar surface area (TPSA) is 133 Å². The van der Waals surface area contributed by atoms with Gasteiger partial charge in [-0.1, -0.05) is 0 Å². The molecule has 22 heavy (non-hydrogen) atoms. The molecular formula is C9H8F3N2O7P. The lowest BCUT2D eigenvalue weighted by Crippen LogP contribution is -2.10. The number of alkyl halides is 3. The van der Waals surface area contributed by atoms with Crippen molar-refractivity contribution in [2.24, 2.45) is 0 Å². The minimum atomic E-state index is -5.04. The van der Waals surface area contributed by atoms with Gasteiger partial charge >= 0.3 is 13.8 Å². The van der Waals surface area contributed by atoms with Crippen molar-refractivity contribution < 1.29 is 37.0 Å². The Morgan fingerprint density at radius 3 is 1.91 bits per heavy atom. The molecule has 0 amide bonds. The highest BCUT2D eigenvalue weighted by atomic mass is 31.2. The summed E-state index contributed by atoms with van der Waals surface area (Å²) in [5, 5.41) is 21.7. The van der Waals surface area contributed by atoms with E-state index < -0.39 is 52.7 Å². The van der Waals surface area contributed by atoms with E-state index in [9.17, 15) is 38.0 Å². The van der Waals surface area contributed by atoms with Crippen LogP contribution in [-0.4, -0.2) is 21.4 Å². The number of nitro benzene ring substituents is 2. The first-order valence-corrected chi connectivity index (χ1v) is 7.33. The molecule has 0 radical (unpaired) electrons. The smallest absolute Gasteiger partial charge is 0.324 e. The summed E-state index contributed by atoms with van der Waals surface area (Å²) in [6.07, 6.45) is -5.04. The van der Waals surface area contributed by atoms with Gasteiger partial charge in [-0.25, -0.2) is 0 Å². The molecule has 1 unspecified atom stereocenters. The van der Waals surface area contributed by atoms with Gasteiger partial charge < -0.3 is 9.42 Å². The van der Waals surface area contributed by atoms with Crippen molar-refractivity contribution in [3.8, 4) is 0 Å². The molecule has 1 aromatic rings. The van der Waals surface area contributed by atoms with Crippen molar-refractivity contribution in [1.29, 1.82) is 0 Å². The molecule has 122 valence electrons. The number of rotatable bonds is 5. The van der Waals surface area contributed by atoms with Crippen LogP contribution in [-0.2, 0) is 21.9 Å². The lowest BCUT2D eigenvalue weighted by molar-refractivity contribution is -0.396. The van der Waals surface area contributed by atoms with Crippen LogP contribution in [0, 0.1) is 20.2 Å². The van der Waals surface area contributed by atoms with E-state index in [0.29, 0.717) is 0 Å². The SMILES string of the molecule is CP(=O)(O)OCc1c([N+](=O)[O-])cc(C(F)(F)F)cc1[N+](=O)[O-]. The molecule has 1 rings (SSSR count). The Kier molecular flexibility index (Phi) is 4.90. The van der Waals surface area contributed by atoms with Crippen LogP contribution in [0.4, 0.5) is 24.5 Å². The molecule has 1 N–H and O–H groups in total. The molecule has 0 aliphatic heterocycles. The Morgan fingerprint density at radius 2 is 1.64 bits per heavy atom. The lowest BCUT2D eigenvalue weighted by atomic mass is 10.1. The highest BCUT2D eigenvalue weighted by Gasteiger charge is 2.37. The number of nitrogens with zero attached hydrogens (tertiary/aromatic N) is 2. The Hall–Kier alpha value is -2.04. The van der Waals surface area contributed by atoms with E-state index in [0.717, 1.165) is 6.66 Å². The largest absolute Gasteiger partial charge is 0.416 e. The fourth-order valence-corrected chi connectivity index (χ4v) is 1.83. The molecule has 0 saturated carbocycles. The zero-order valence-electron chi connectivity index (χ0n) is 10.7. The van der Waals surface area contributed by atoms with Crippen molar-refractivity contribution in [1.82, 2.24) is 0 Å². The quantitative estimate of drug-likeness (QED) is 0.493. The summed E-state index contributed by atoms with van der Waals surface area (Å²) >= 11 is 0. The van der Waals surface area contributed by atoms with Gasteiger partial charge in [-0.05, 0) is 0 Å². The third-order valence-electron chi connectivity index (χ3n) is 2.37. The summed E-state index contributed by atoms with van der Waals surface area (Å²) < 4.78 is 53.2. The first kappa shape index (κ1) is 18.0. The number of nitro groups is 2. The molecule has 0 aromatic heterocycles. The third kappa shape index (κ3) is 4.48. The van der Waals surface area contributed by atoms with Crippen LogP contribution in [0.5, 0.6) is 0 Å². The van der Waals surface area contributed by atoms with Crippen molar-refractivity contribution >= 4 is 19.0 Å². The normalized spacial score (nSPS) is 14.4. The van der Waals surface area contributed by atoms with Crippen molar-refractivity contribution in [3.63, 3.8) is 0 Å². The second-order valence-electron chi connectivity index (χ2n) is 4.08. The van der Waals surface area contributed by atoms with E-state index in [-0.39, 0.29) is 12.1 Å². The Balaban J connectivity index is 3.54. The summed E-state index contributed by atoms with van der Waals surface area (Å²) in [5.74, 6) is 0. The van der Waals surface area contributed by atoms with Crippen LogP contribution in [0.1, 0.15) is 11.1 Å². The number of hydrogen-bond acceptors (Lipinski definition) is 6. The van der Waals surface area contributed by atoms with Crippen LogP contribution in [0.15, 0.2) is 12.1 Å². The molecule has 0 saturated heterocycles. The first-order valence-electron chi connectivity index (χ1n) is 5.30. The van der Waals surface area contributed by atoms with E-state index in [4.69, 9.17) is 4.89 Å². The van der Waals surface area contributed by atoms with Gasteiger partial charge in [-0.3, -0.25) is 24.8 Å². The van der Waals surface area contributed by atoms with Crippen LogP contribution in [0.2, 0.25) is 0 Å². The summed E-state index contributed by atoms with van der Waals surface area (Å²) in [4.78, 5) is 28.1. The molecule has 0 spiro atoms. The van der Waals surface area contributed by atoms with Gasteiger partial charge in [0.05, 0.1) is 22.0 Å². The monoisotopic (exact) mass is 344 g/mol. The fourth-order valence-electron chi connectivity index (χ4n) is 1.46. The van der Waals surface area contributed by atoms with E-state index in [1.165, 1.54) is 0 Å². The Morgan fingerprint density at radius 1 is 1.23 bits per heavy atom. The molecule has 13 heteroatoms. The van der Waals surface area contributed by atoms with Crippen molar-refractivity contribution in [2.75, 3.05) is 6.66 Å². The van der Waals surface area contributed by atoms with E-state index in [2.05, 4.69) is 4.52 Å². The maximum absolute atomic E-state index is 12.6. The Labute approximate surface area is 120 Å². The van der Waals surface area contributed by atoms with E-state index in [1.54, 1.807) is 0 Å². The first-order chi connectivity index (χ1) is 9.83. The van der Waals surface area contributed by atoms with Crippen molar-refractivity contribution in [2.45, 2.75) is 12.8 Å². The zero-order valence-corrected chi connectivity index (χ0v) is 11.6. The summed E-state index contributed by atoms with van der Waals surface area (Å²) in [5.41, 5.74) is -4.87. The van der Waals surface area contributed by atoms with Gasteiger partial charge in [-0.15, -0.1) is 0 Å². The minimum absolute atomic E-state index is 0.101. The van der Waals surface area contributed by atoms with Gasteiger partial charge in [0.1, 0.15) is 5.56 Å². The average molecular weight is 344 g/mol. The van der Waals surface area contributed by atoms with E-state index in [1.807, 2.05) is 0 Å². The van der Waals surface area contributed by atoms with Gasteiger partial charge in [0, 0.05) is 18.8 Å². The zero-order chi connectivity index (χ0) is 17.3. The molecule has 9 nitrogen and oxygen atoms in total. The summed E-state index contributed by atoms with van der Waals surface area (Å²) in [6, 6.07) is 0.202.